The summed E-state index contributed by atoms with van der Waals surface area (Å²) < 4.78 is 5.30. The van der Waals surface area contributed by atoms with Gasteiger partial charge in [-0.1, -0.05) is 19.4 Å². The Hall–Kier alpha value is -2.26. The van der Waals surface area contributed by atoms with Crippen LogP contribution in [0.3, 0.4) is 0 Å². The van der Waals surface area contributed by atoms with Crippen LogP contribution in [0.1, 0.15) is 43.7 Å². The average Bonchev–Trinajstić information content (AvgIpc) is 3.04. The van der Waals surface area contributed by atoms with Gasteiger partial charge in [-0.15, -0.1) is 0 Å². The van der Waals surface area contributed by atoms with Gasteiger partial charge in [0.2, 0.25) is 0 Å². The molecule has 1 aromatic heterocycles. The van der Waals surface area contributed by atoms with Crippen molar-refractivity contribution in [3.63, 3.8) is 0 Å². The molecule has 0 spiro atoms. The first kappa shape index (κ1) is 18.5. The van der Waals surface area contributed by atoms with Crippen molar-refractivity contribution >= 4 is 10.9 Å². The molecule has 0 aliphatic carbocycles. The summed E-state index contributed by atoms with van der Waals surface area (Å²) in [5.41, 5.74) is 12.2. The van der Waals surface area contributed by atoms with Crippen LogP contribution >= 0.6 is 0 Å². The van der Waals surface area contributed by atoms with Crippen molar-refractivity contribution in [3.8, 4) is 17.0 Å². The van der Waals surface area contributed by atoms with Crippen molar-refractivity contribution in [2.24, 2.45) is 5.73 Å². The van der Waals surface area contributed by atoms with Gasteiger partial charge in [0.25, 0.3) is 0 Å². The van der Waals surface area contributed by atoms with Gasteiger partial charge in [0, 0.05) is 16.6 Å². The summed E-state index contributed by atoms with van der Waals surface area (Å²) in [5.74, 6) is 0.886. The lowest BCUT2D eigenvalue weighted by atomic mass is 9.98. The summed E-state index contributed by atoms with van der Waals surface area (Å²) in [4.78, 5) is 3.66. The molecule has 0 saturated heterocycles. The number of ether oxygens (including phenoxy) is 1. The Labute approximate surface area is 156 Å². The van der Waals surface area contributed by atoms with Crippen molar-refractivity contribution in [2.75, 3.05) is 13.7 Å². The zero-order valence-corrected chi connectivity index (χ0v) is 16.0. The molecule has 0 radical (unpaired) electrons. The molecule has 0 saturated carbocycles. The third-order valence-corrected chi connectivity index (χ3v) is 5.05. The van der Waals surface area contributed by atoms with E-state index in [1.807, 2.05) is 12.1 Å². The smallest absolute Gasteiger partial charge is 0.118 e. The number of methoxy groups -OCH3 is 1. The molecule has 0 bridgehead atoms. The van der Waals surface area contributed by atoms with Crippen LogP contribution in [-0.2, 0) is 12.8 Å². The first-order chi connectivity index (χ1) is 12.8. The minimum absolute atomic E-state index is 0.752. The highest BCUT2D eigenvalue weighted by Crippen LogP contribution is 2.33. The second-order valence-corrected chi connectivity index (χ2v) is 6.94. The number of H-pyrrole nitrogens is 1. The Balaban J connectivity index is 2.02. The minimum atomic E-state index is 0.752. The van der Waals surface area contributed by atoms with E-state index in [-0.39, 0.29) is 0 Å². The van der Waals surface area contributed by atoms with Gasteiger partial charge in [0.05, 0.1) is 7.11 Å². The van der Waals surface area contributed by atoms with Gasteiger partial charge < -0.3 is 15.5 Å². The number of nitrogens with one attached hydrogen (secondary N) is 1. The summed E-state index contributed by atoms with van der Waals surface area (Å²) in [6, 6.07) is 15.2. The zero-order chi connectivity index (χ0) is 18.4. The maximum Gasteiger partial charge on any atom is 0.118 e. The van der Waals surface area contributed by atoms with E-state index in [0.29, 0.717) is 0 Å². The van der Waals surface area contributed by atoms with E-state index in [1.54, 1.807) is 7.11 Å². The fourth-order valence-corrected chi connectivity index (χ4v) is 3.54. The molecule has 0 amide bonds. The number of aromatic nitrogens is 1. The van der Waals surface area contributed by atoms with Gasteiger partial charge >= 0.3 is 0 Å². The molecule has 0 aliphatic rings. The number of fused-ring (bicyclic) bond motifs is 1. The summed E-state index contributed by atoms with van der Waals surface area (Å²) in [7, 11) is 1.70. The molecule has 0 atom stereocenters. The maximum atomic E-state index is 5.72. The van der Waals surface area contributed by atoms with Crippen LogP contribution in [0, 0.1) is 0 Å². The summed E-state index contributed by atoms with van der Waals surface area (Å²) in [6.07, 6.45) is 6.85. The van der Waals surface area contributed by atoms with Crippen LogP contribution in [0.2, 0.25) is 0 Å². The lowest BCUT2D eigenvalue weighted by molar-refractivity contribution is 0.415. The quantitative estimate of drug-likeness (QED) is 0.503. The first-order valence-electron chi connectivity index (χ1n) is 9.74. The standard InChI is InChI=1S/C23H30N2O/c1-3-4-7-17-9-14-22-21(16-17)20(8-5-6-15-24)23(25-22)18-10-12-19(26-2)13-11-18/h9-14,16,25H,3-8,15,24H2,1-2H3. The van der Waals surface area contributed by atoms with E-state index in [0.717, 1.165) is 38.0 Å². The van der Waals surface area contributed by atoms with Gasteiger partial charge in [0.15, 0.2) is 0 Å². The summed E-state index contributed by atoms with van der Waals surface area (Å²) in [6.45, 7) is 3.00. The highest BCUT2D eigenvalue weighted by atomic mass is 16.5. The van der Waals surface area contributed by atoms with Crippen LogP contribution in [0.4, 0.5) is 0 Å². The van der Waals surface area contributed by atoms with Gasteiger partial charge in [0.1, 0.15) is 5.75 Å². The SMILES string of the molecule is CCCCc1ccc2[nH]c(-c3ccc(OC)cc3)c(CCCCN)c2c1. The topological polar surface area (TPSA) is 51.0 Å². The molecule has 3 nitrogen and oxygen atoms in total. The Morgan fingerprint density at radius 3 is 2.46 bits per heavy atom. The van der Waals surface area contributed by atoms with Gasteiger partial charge in [-0.2, -0.15) is 0 Å². The third-order valence-electron chi connectivity index (χ3n) is 5.05. The zero-order valence-electron chi connectivity index (χ0n) is 16.0. The maximum absolute atomic E-state index is 5.72. The number of benzene rings is 2. The Kier molecular flexibility index (Phi) is 6.35. The molecule has 1 heterocycles. The molecule has 0 unspecified atom stereocenters. The molecule has 3 rings (SSSR count). The highest BCUT2D eigenvalue weighted by molar-refractivity contribution is 5.91. The number of rotatable bonds is 9. The van der Waals surface area contributed by atoms with Crippen LogP contribution in [0.25, 0.3) is 22.2 Å². The largest absolute Gasteiger partial charge is 0.497 e. The fourth-order valence-electron chi connectivity index (χ4n) is 3.54. The number of nitrogens with two attached hydrogens (primary N) is 1. The molecule has 2 aromatic carbocycles. The Morgan fingerprint density at radius 1 is 0.962 bits per heavy atom. The molecule has 26 heavy (non-hydrogen) atoms. The van der Waals surface area contributed by atoms with E-state index in [2.05, 4.69) is 42.2 Å². The van der Waals surface area contributed by atoms with Crippen LogP contribution in [-0.4, -0.2) is 18.6 Å². The third kappa shape index (κ3) is 4.10. The van der Waals surface area contributed by atoms with Crippen molar-refractivity contribution in [2.45, 2.75) is 45.4 Å². The Bertz CT molecular complexity index is 833. The minimum Gasteiger partial charge on any atom is -0.497 e. The summed E-state index contributed by atoms with van der Waals surface area (Å²) in [5, 5.41) is 1.36. The number of aromatic amines is 1. The van der Waals surface area contributed by atoms with Gasteiger partial charge in [-0.05, 0) is 91.7 Å². The molecule has 3 aromatic rings. The fraction of sp³-hybridized carbons (Fsp3) is 0.391. The molecule has 3 heteroatoms. The van der Waals surface area contributed by atoms with Crippen molar-refractivity contribution in [1.29, 1.82) is 0 Å². The molecule has 138 valence electrons. The van der Waals surface area contributed by atoms with Crippen LogP contribution in [0.15, 0.2) is 42.5 Å². The molecular formula is C23H30N2O. The van der Waals surface area contributed by atoms with E-state index >= 15 is 0 Å². The van der Waals surface area contributed by atoms with E-state index < -0.39 is 0 Å². The van der Waals surface area contributed by atoms with E-state index in [4.69, 9.17) is 10.5 Å². The van der Waals surface area contributed by atoms with E-state index in [1.165, 1.54) is 46.1 Å². The second kappa shape index (κ2) is 8.91. The number of aryl methyl sites for hydroxylation is 2. The Morgan fingerprint density at radius 2 is 1.77 bits per heavy atom. The number of hydrogen-bond donors (Lipinski definition) is 2. The predicted octanol–water partition coefficient (Wildman–Crippen LogP) is 5.47. The van der Waals surface area contributed by atoms with Crippen molar-refractivity contribution < 1.29 is 4.74 Å². The van der Waals surface area contributed by atoms with Crippen molar-refractivity contribution in [3.05, 3.63) is 53.6 Å². The van der Waals surface area contributed by atoms with Gasteiger partial charge in [-0.25, -0.2) is 0 Å². The lowest BCUT2D eigenvalue weighted by Gasteiger charge is -2.07. The molecule has 3 N–H and O–H groups in total. The monoisotopic (exact) mass is 350 g/mol. The average molecular weight is 351 g/mol. The number of unbranched alkanes of at least 4 members (excludes halogenated alkanes) is 2. The molecule has 0 fully saturated rings. The number of hydrogen-bond acceptors (Lipinski definition) is 2. The predicted molar refractivity (Wildman–Crippen MR) is 111 cm³/mol. The van der Waals surface area contributed by atoms with E-state index in [9.17, 15) is 0 Å². The van der Waals surface area contributed by atoms with Gasteiger partial charge in [-0.3, -0.25) is 0 Å². The first-order valence-corrected chi connectivity index (χ1v) is 9.74. The highest BCUT2D eigenvalue weighted by Gasteiger charge is 2.13. The summed E-state index contributed by atoms with van der Waals surface area (Å²) >= 11 is 0. The molecular weight excluding hydrogens is 320 g/mol. The van der Waals surface area contributed by atoms with Crippen LogP contribution in [0.5, 0.6) is 5.75 Å². The normalized spacial score (nSPS) is 11.2. The second-order valence-electron chi connectivity index (χ2n) is 6.94. The van der Waals surface area contributed by atoms with Crippen molar-refractivity contribution in [1.82, 2.24) is 4.98 Å². The van der Waals surface area contributed by atoms with Crippen LogP contribution < -0.4 is 10.5 Å². The lowest BCUT2D eigenvalue weighted by Crippen LogP contribution is -1.99. The molecule has 0 aliphatic heterocycles.